The molecule has 1 heterocycles. The number of nitrogens with zero attached hydrogens (tertiary/aromatic N) is 2. The fraction of sp³-hybridized carbons (Fsp3) is 0.333. The molecule has 0 radical (unpaired) electrons. The second kappa shape index (κ2) is 9.47. The highest BCUT2D eigenvalue weighted by Gasteiger charge is 2.29. The minimum atomic E-state index is -0.326. The molecular weight excluding hydrogens is 415 g/mol. The van der Waals surface area contributed by atoms with Crippen LogP contribution in [0.25, 0.3) is 10.4 Å². The third-order valence-electron chi connectivity index (χ3n) is 5.44. The van der Waals surface area contributed by atoms with E-state index in [1.165, 1.54) is 23.5 Å². The van der Waals surface area contributed by atoms with Gasteiger partial charge in [0.25, 0.3) is 5.91 Å². The fourth-order valence-electron chi connectivity index (χ4n) is 3.57. The molecule has 0 aliphatic heterocycles. The lowest BCUT2D eigenvalue weighted by molar-refractivity contribution is 0.0745. The van der Waals surface area contributed by atoms with Crippen molar-refractivity contribution in [1.82, 2.24) is 9.88 Å². The number of ether oxygens (including phenoxy) is 2. The fourth-order valence-corrected chi connectivity index (χ4v) is 4.35. The van der Waals surface area contributed by atoms with Crippen LogP contribution in [0.3, 0.4) is 0 Å². The molecule has 2 aromatic carbocycles. The van der Waals surface area contributed by atoms with Gasteiger partial charge in [0.05, 0.1) is 24.6 Å². The number of carbonyl (C=O) groups excluding carboxylic acids is 1. The van der Waals surface area contributed by atoms with Gasteiger partial charge in [0.15, 0.2) is 11.5 Å². The van der Waals surface area contributed by atoms with Crippen molar-refractivity contribution < 1.29 is 18.7 Å². The van der Waals surface area contributed by atoms with Gasteiger partial charge in [-0.3, -0.25) is 4.79 Å². The van der Waals surface area contributed by atoms with Gasteiger partial charge < -0.3 is 14.4 Å². The summed E-state index contributed by atoms with van der Waals surface area (Å²) >= 11 is 1.36. The molecule has 5 nitrogen and oxygen atoms in total. The predicted octanol–water partition coefficient (Wildman–Crippen LogP) is 5.06. The summed E-state index contributed by atoms with van der Waals surface area (Å²) in [5.41, 5.74) is 3.78. The van der Waals surface area contributed by atoms with E-state index in [-0.39, 0.29) is 11.7 Å². The van der Waals surface area contributed by atoms with Crippen LogP contribution in [0.2, 0.25) is 0 Å². The Hall–Kier alpha value is -2.93. The van der Waals surface area contributed by atoms with Crippen molar-refractivity contribution in [2.24, 2.45) is 5.92 Å². The summed E-state index contributed by atoms with van der Waals surface area (Å²) in [4.78, 5) is 20.4. The van der Waals surface area contributed by atoms with Crippen molar-refractivity contribution in [3.8, 4) is 21.9 Å². The molecule has 1 amide bonds. The first kappa shape index (κ1) is 21.3. The average molecular weight is 441 g/mol. The molecule has 1 saturated carbocycles. The Morgan fingerprint density at radius 2 is 1.97 bits per heavy atom. The van der Waals surface area contributed by atoms with E-state index in [0.29, 0.717) is 53.1 Å². The number of benzene rings is 2. The Labute approximate surface area is 185 Å². The summed E-state index contributed by atoms with van der Waals surface area (Å²) in [5, 5.41) is 0. The Morgan fingerprint density at radius 3 is 2.68 bits per heavy atom. The molecule has 1 fully saturated rings. The third kappa shape index (κ3) is 5.05. The van der Waals surface area contributed by atoms with Crippen LogP contribution in [0, 0.1) is 11.7 Å². The highest BCUT2D eigenvalue weighted by molar-refractivity contribution is 7.13. The number of aromatic nitrogens is 1. The van der Waals surface area contributed by atoms with Crippen molar-refractivity contribution in [2.75, 3.05) is 27.3 Å². The van der Waals surface area contributed by atoms with Gasteiger partial charge in [-0.2, -0.15) is 0 Å². The molecule has 7 heteroatoms. The number of rotatable bonds is 9. The van der Waals surface area contributed by atoms with Gasteiger partial charge in [0, 0.05) is 13.1 Å². The molecule has 0 atom stereocenters. The maximum absolute atomic E-state index is 13.7. The van der Waals surface area contributed by atoms with Crippen LogP contribution in [-0.2, 0) is 6.42 Å². The van der Waals surface area contributed by atoms with Crippen molar-refractivity contribution in [1.29, 1.82) is 0 Å². The van der Waals surface area contributed by atoms with Gasteiger partial charge in [-0.1, -0.05) is 18.2 Å². The maximum atomic E-state index is 13.7. The Bertz CT molecular complexity index is 1060. The van der Waals surface area contributed by atoms with Gasteiger partial charge in [-0.05, 0) is 60.6 Å². The summed E-state index contributed by atoms with van der Waals surface area (Å²) in [6.07, 6.45) is 2.99. The first-order valence-corrected chi connectivity index (χ1v) is 11.2. The number of thiazole rings is 1. The molecule has 1 aliphatic carbocycles. The molecule has 1 aromatic heterocycles. The molecule has 3 aromatic rings. The van der Waals surface area contributed by atoms with Crippen molar-refractivity contribution in [3.05, 3.63) is 65.0 Å². The van der Waals surface area contributed by atoms with Crippen molar-refractivity contribution in [2.45, 2.75) is 19.3 Å². The largest absolute Gasteiger partial charge is 0.493 e. The second-order valence-corrected chi connectivity index (χ2v) is 8.53. The van der Waals surface area contributed by atoms with E-state index in [4.69, 9.17) is 9.47 Å². The molecule has 0 unspecified atom stereocenters. The normalized spacial score (nSPS) is 13.1. The summed E-state index contributed by atoms with van der Waals surface area (Å²) < 4.78 is 24.4. The zero-order valence-corrected chi connectivity index (χ0v) is 18.5. The average Bonchev–Trinajstić information content (AvgIpc) is 3.47. The maximum Gasteiger partial charge on any atom is 0.273 e. The van der Waals surface area contributed by atoms with E-state index in [0.717, 1.165) is 18.4 Å². The van der Waals surface area contributed by atoms with Crippen LogP contribution in [0.5, 0.6) is 11.5 Å². The van der Waals surface area contributed by atoms with Gasteiger partial charge in [-0.15, -0.1) is 11.3 Å². The predicted molar refractivity (Wildman–Crippen MR) is 119 cm³/mol. The third-order valence-corrected chi connectivity index (χ3v) is 6.31. The van der Waals surface area contributed by atoms with Crippen molar-refractivity contribution >= 4 is 17.2 Å². The van der Waals surface area contributed by atoms with Crippen LogP contribution in [0.15, 0.2) is 48.0 Å². The van der Waals surface area contributed by atoms with Gasteiger partial charge in [0.2, 0.25) is 0 Å². The Kier molecular flexibility index (Phi) is 6.51. The van der Waals surface area contributed by atoms with Crippen LogP contribution in [0.1, 0.15) is 28.9 Å². The first-order valence-electron chi connectivity index (χ1n) is 10.3. The van der Waals surface area contributed by atoms with Crippen molar-refractivity contribution in [3.63, 3.8) is 0 Å². The smallest absolute Gasteiger partial charge is 0.273 e. The summed E-state index contributed by atoms with van der Waals surface area (Å²) in [6, 6.07) is 12.1. The summed E-state index contributed by atoms with van der Waals surface area (Å²) in [5.74, 6) is 1.47. The Morgan fingerprint density at radius 1 is 1.16 bits per heavy atom. The highest BCUT2D eigenvalue weighted by Crippen LogP contribution is 2.33. The number of hydrogen-bond acceptors (Lipinski definition) is 5. The number of methoxy groups -OCH3 is 2. The van der Waals surface area contributed by atoms with E-state index in [9.17, 15) is 9.18 Å². The molecule has 0 bridgehead atoms. The second-order valence-electron chi connectivity index (χ2n) is 7.67. The van der Waals surface area contributed by atoms with E-state index < -0.39 is 0 Å². The van der Waals surface area contributed by atoms with E-state index in [1.54, 1.807) is 25.8 Å². The summed E-state index contributed by atoms with van der Waals surface area (Å²) in [7, 11) is 3.22. The van der Waals surface area contributed by atoms with E-state index in [2.05, 4.69) is 4.98 Å². The number of hydrogen-bond donors (Lipinski definition) is 0. The van der Waals surface area contributed by atoms with E-state index >= 15 is 0 Å². The minimum absolute atomic E-state index is 0.104. The number of halogens is 1. The molecule has 0 spiro atoms. The molecule has 1 aliphatic rings. The van der Waals surface area contributed by atoms with Gasteiger partial charge >= 0.3 is 0 Å². The van der Waals surface area contributed by atoms with E-state index in [1.807, 2.05) is 29.2 Å². The Balaban J connectivity index is 1.54. The summed E-state index contributed by atoms with van der Waals surface area (Å²) in [6.45, 7) is 1.29. The SMILES string of the molecule is COc1ccc(CCN(CC2CC2)C(=O)c2ncsc2-c2cccc(F)c2)cc1OC. The lowest BCUT2D eigenvalue weighted by Crippen LogP contribution is -2.35. The zero-order chi connectivity index (χ0) is 21.8. The van der Waals surface area contributed by atoms with Gasteiger partial charge in [0.1, 0.15) is 11.5 Å². The molecule has 0 N–H and O–H groups in total. The molecule has 4 rings (SSSR count). The number of amides is 1. The standard InChI is InChI=1S/C24H25FN2O3S/c1-29-20-9-8-16(12-21(20)30-2)10-11-27(14-17-6-7-17)24(28)22-23(31-15-26-22)18-4-3-5-19(25)13-18/h3-5,8-9,12-13,15,17H,6-7,10-11,14H2,1-2H3. The van der Waals surface area contributed by atoms with Crippen LogP contribution >= 0.6 is 11.3 Å². The monoisotopic (exact) mass is 440 g/mol. The van der Waals surface area contributed by atoms with Crippen LogP contribution in [-0.4, -0.2) is 43.1 Å². The molecule has 31 heavy (non-hydrogen) atoms. The lowest BCUT2D eigenvalue weighted by atomic mass is 10.1. The van der Waals surface area contributed by atoms with Gasteiger partial charge in [-0.25, -0.2) is 9.37 Å². The van der Waals surface area contributed by atoms with Crippen LogP contribution < -0.4 is 9.47 Å². The first-order chi connectivity index (χ1) is 15.1. The quantitative estimate of drug-likeness (QED) is 0.467. The highest BCUT2D eigenvalue weighted by atomic mass is 32.1. The molecule has 0 saturated heterocycles. The topological polar surface area (TPSA) is 51.7 Å². The zero-order valence-electron chi connectivity index (χ0n) is 17.6. The minimum Gasteiger partial charge on any atom is -0.493 e. The molecule has 162 valence electrons. The molecular formula is C24H25FN2O3S. The van der Waals surface area contributed by atoms with Crippen LogP contribution in [0.4, 0.5) is 4.39 Å². The lowest BCUT2D eigenvalue weighted by Gasteiger charge is -2.23. The number of carbonyl (C=O) groups is 1.